The molecule has 0 heterocycles. The third-order valence-electron chi connectivity index (χ3n) is 4.21. The van der Waals surface area contributed by atoms with Gasteiger partial charge in [-0.05, 0) is 28.8 Å². The third-order valence-corrected chi connectivity index (χ3v) is 4.21. The van der Waals surface area contributed by atoms with Gasteiger partial charge in [-0.1, -0.05) is 57.2 Å². The van der Waals surface area contributed by atoms with Crippen molar-refractivity contribution in [2.75, 3.05) is 6.54 Å². The Balaban J connectivity index is 1.94. The summed E-state index contributed by atoms with van der Waals surface area (Å²) in [4.78, 5) is 35.6. The number of benzene rings is 2. The quantitative estimate of drug-likeness (QED) is 0.653. The fourth-order valence-electron chi connectivity index (χ4n) is 2.62. The zero-order valence-corrected chi connectivity index (χ0v) is 15.9. The molecule has 3 N–H and O–H groups in total. The Bertz CT molecular complexity index is 839. The number of carboxylic acid groups (broad SMARTS) is 1. The lowest BCUT2D eigenvalue weighted by molar-refractivity contribution is -0.142. The van der Waals surface area contributed by atoms with Crippen LogP contribution in [0.1, 0.15) is 45.2 Å². The summed E-state index contributed by atoms with van der Waals surface area (Å²) in [5.41, 5.74) is 0.0443. The second-order valence-corrected chi connectivity index (χ2v) is 7.55. The Kier molecular flexibility index (Phi) is 6.55. The molecule has 1 atom stereocenters. The van der Waals surface area contributed by atoms with Crippen molar-refractivity contribution in [3.63, 3.8) is 0 Å². The Morgan fingerprint density at radius 2 is 1.70 bits per heavy atom. The van der Waals surface area contributed by atoms with Crippen LogP contribution in [0, 0.1) is 5.41 Å². The highest BCUT2D eigenvalue weighted by Gasteiger charge is 2.23. The fraction of sp³-hybridized carbons (Fsp3) is 0.381. The van der Waals surface area contributed by atoms with Crippen LogP contribution in [-0.4, -0.2) is 29.4 Å². The number of rotatable bonds is 7. The summed E-state index contributed by atoms with van der Waals surface area (Å²) in [6.45, 7) is 5.82. The molecule has 2 aromatic rings. The van der Waals surface area contributed by atoms with Gasteiger partial charge >= 0.3 is 5.97 Å². The minimum atomic E-state index is -1.11. The molecule has 0 radical (unpaired) electrons. The van der Waals surface area contributed by atoms with Crippen LogP contribution in [0.2, 0.25) is 0 Å². The first kappa shape index (κ1) is 20.4. The van der Waals surface area contributed by atoms with Crippen LogP contribution in [0.4, 0.5) is 0 Å². The van der Waals surface area contributed by atoms with Crippen molar-refractivity contribution in [3.05, 3.63) is 48.0 Å². The fourth-order valence-corrected chi connectivity index (χ4v) is 2.62. The van der Waals surface area contributed by atoms with Gasteiger partial charge in [-0.25, -0.2) is 4.79 Å². The third kappa shape index (κ3) is 5.81. The van der Waals surface area contributed by atoms with Gasteiger partial charge in [0.1, 0.15) is 0 Å². The molecule has 0 saturated carbocycles. The Labute approximate surface area is 159 Å². The van der Waals surface area contributed by atoms with E-state index < -0.39 is 17.4 Å². The van der Waals surface area contributed by atoms with E-state index in [1.807, 2.05) is 51.1 Å². The van der Waals surface area contributed by atoms with Gasteiger partial charge in [-0.2, -0.15) is 0 Å². The average molecular weight is 370 g/mol. The van der Waals surface area contributed by atoms with E-state index in [1.54, 1.807) is 12.1 Å². The van der Waals surface area contributed by atoms with Crippen molar-refractivity contribution < 1.29 is 19.5 Å². The lowest BCUT2D eigenvalue weighted by atomic mass is 9.96. The molecule has 0 saturated heterocycles. The van der Waals surface area contributed by atoms with Gasteiger partial charge in [0, 0.05) is 18.4 Å². The van der Waals surface area contributed by atoms with Crippen molar-refractivity contribution in [2.45, 2.75) is 39.7 Å². The largest absolute Gasteiger partial charge is 0.479 e. The van der Waals surface area contributed by atoms with Gasteiger partial charge in [0.25, 0.3) is 0 Å². The van der Waals surface area contributed by atoms with E-state index in [0.717, 1.165) is 10.8 Å². The van der Waals surface area contributed by atoms with Gasteiger partial charge in [-0.15, -0.1) is 0 Å². The topological polar surface area (TPSA) is 95.5 Å². The number of aliphatic carboxylic acids is 1. The Morgan fingerprint density at radius 1 is 1.04 bits per heavy atom. The zero-order valence-electron chi connectivity index (χ0n) is 15.9. The lowest BCUT2D eigenvalue weighted by Gasteiger charge is -2.18. The van der Waals surface area contributed by atoms with E-state index in [1.165, 1.54) is 0 Å². The van der Waals surface area contributed by atoms with Gasteiger partial charge in [0.05, 0.1) is 0 Å². The first-order valence-electron chi connectivity index (χ1n) is 8.97. The smallest absolute Gasteiger partial charge is 0.330 e. The number of fused-ring (bicyclic) bond motifs is 1. The van der Waals surface area contributed by atoms with Crippen molar-refractivity contribution >= 4 is 28.6 Å². The van der Waals surface area contributed by atoms with Crippen molar-refractivity contribution in [1.82, 2.24) is 10.6 Å². The van der Waals surface area contributed by atoms with E-state index in [-0.39, 0.29) is 18.2 Å². The molecule has 0 aromatic heterocycles. The molecule has 6 heteroatoms. The molecule has 0 spiro atoms. The summed E-state index contributed by atoms with van der Waals surface area (Å²) in [6, 6.07) is 11.9. The summed E-state index contributed by atoms with van der Waals surface area (Å²) >= 11 is 0. The predicted molar refractivity (Wildman–Crippen MR) is 104 cm³/mol. The van der Waals surface area contributed by atoms with E-state index in [2.05, 4.69) is 10.6 Å². The summed E-state index contributed by atoms with van der Waals surface area (Å²) in [5, 5.41) is 16.8. The lowest BCUT2D eigenvalue weighted by Crippen LogP contribution is -2.36. The molecule has 2 amide bonds. The first-order valence-corrected chi connectivity index (χ1v) is 8.97. The standard InChI is InChI=1S/C21H26N2O4/c1-21(2,3)20(27)22-12-6-9-17(24)23-18(19(25)26)16-11-10-14-7-4-5-8-15(14)13-16/h4-5,7-8,10-11,13,18H,6,9,12H2,1-3H3,(H,22,27)(H,23,24)(H,25,26). The molecule has 27 heavy (non-hydrogen) atoms. The average Bonchev–Trinajstić information content (AvgIpc) is 2.61. The van der Waals surface area contributed by atoms with Gasteiger partial charge in [-0.3, -0.25) is 9.59 Å². The van der Waals surface area contributed by atoms with Crippen LogP contribution in [-0.2, 0) is 14.4 Å². The maximum absolute atomic E-state index is 12.1. The normalized spacial score (nSPS) is 12.4. The molecule has 2 aromatic carbocycles. The van der Waals surface area contributed by atoms with Gasteiger partial charge in [0.15, 0.2) is 6.04 Å². The van der Waals surface area contributed by atoms with Gasteiger partial charge < -0.3 is 15.7 Å². The second kappa shape index (κ2) is 8.66. The van der Waals surface area contributed by atoms with Crippen LogP contribution < -0.4 is 10.6 Å². The number of carboxylic acids is 1. The minimum absolute atomic E-state index is 0.0810. The number of carbonyl (C=O) groups excluding carboxylic acids is 2. The number of hydrogen-bond acceptors (Lipinski definition) is 3. The van der Waals surface area contributed by atoms with Gasteiger partial charge in [0.2, 0.25) is 11.8 Å². The SMILES string of the molecule is CC(C)(C)C(=O)NCCCC(=O)NC(C(=O)O)c1ccc2ccccc2c1. The Morgan fingerprint density at radius 3 is 2.33 bits per heavy atom. The highest BCUT2D eigenvalue weighted by Crippen LogP contribution is 2.21. The molecule has 0 aliphatic carbocycles. The first-order chi connectivity index (χ1) is 12.7. The molecule has 144 valence electrons. The van der Waals surface area contributed by atoms with E-state index in [0.29, 0.717) is 18.5 Å². The maximum Gasteiger partial charge on any atom is 0.330 e. The number of hydrogen-bond donors (Lipinski definition) is 3. The molecule has 0 aliphatic rings. The molecular formula is C21H26N2O4. The number of carbonyl (C=O) groups is 3. The monoisotopic (exact) mass is 370 g/mol. The molecule has 0 bridgehead atoms. The van der Waals surface area contributed by atoms with Crippen molar-refractivity contribution in [2.24, 2.45) is 5.41 Å². The molecule has 0 fully saturated rings. The Hall–Kier alpha value is -2.89. The van der Waals surface area contributed by atoms with E-state index >= 15 is 0 Å². The predicted octanol–water partition coefficient (Wildman–Crippen LogP) is 3.02. The maximum atomic E-state index is 12.1. The number of amides is 2. The summed E-state index contributed by atoms with van der Waals surface area (Å²) in [7, 11) is 0. The molecule has 2 rings (SSSR count). The van der Waals surface area contributed by atoms with E-state index in [9.17, 15) is 19.5 Å². The summed E-state index contributed by atoms with van der Waals surface area (Å²) in [5.74, 6) is -1.55. The van der Waals surface area contributed by atoms with E-state index in [4.69, 9.17) is 0 Å². The zero-order chi connectivity index (χ0) is 20.0. The number of nitrogens with one attached hydrogen (secondary N) is 2. The van der Waals surface area contributed by atoms with Crippen LogP contribution in [0.15, 0.2) is 42.5 Å². The van der Waals surface area contributed by atoms with Crippen molar-refractivity contribution in [1.29, 1.82) is 0 Å². The highest BCUT2D eigenvalue weighted by molar-refractivity contribution is 5.88. The molecule has 1 unspecified atom stereocenters. The second-order valence-electron chi connectivity index (χ2n) is 7.55. The van der Waals surface area contributed by atoms with Crippen LogP contribution in [0.25, 0.3) is 10.8 Å². The van der Waals surface area contributed by atoms with Crippen LogP contribution in [0.5, 0.6) is 0 Å². The highest BCUT2D eigenvalue weighted by atomic mass is 16.4. The van der Waals surface area contributed by atoms with Crippen LogP contribution in [0.3, 0.4) is 0 Å². The van der Waals surface area contributed by atoms with Crippen LogP contribution >= 0.6 is 0 Å². The summed E-state index contributed by atoms with van der Waals surface area (Å²) < 4.78 is 0. The molecule has 6 nitrogen and oxygen atoms in total. The minimum Gasteiger partial charge on any atom is -0.479 e. The van der Waals surface area contributed by atoms with Crippen molar-refractivity contribution in [3.8, 4) is 0 Å². The molecular weight excluding hydrogens is 344 g/mol. The summed E-state index contributed by atoms with van der Waals surface area (Å²) in [6.07, 6.45) is 0.583. The molecule has 0 aliphatic heterocycles.